The Labute approximate surface area is 117 Å². The van der Waals surface area contributed by atoms with Crippen LogP contribution < -0.4 is 10.1 Å². The van der Waals surface area contributed by atoms with E-state index in [1.807, 2.05) is 0 Å². The molecule has 0 aliphatic heterocycles. The van der Waals surface area contributed by atoms with Crippen LogP contribution in [-0.2, 0) is 0 Å². The highest BCUT2D eigenvalue weighted by Gasteiger charge is 2.16. The van der Waals surface area contributed by atoms with E-state index in [1.165, 1.54) is 50.6 Å². The van der Waals surface area contributed by atoms with E-state index in [-0.39, 0.29) is 0 Å². The lowest BCUT2D eigenvalue weighted by molar-refractivity contribution is 0.210. The fourth-order valence-electron chi connectivity index (χ4n) is 2.70. The Morgan fingerprint density at radius 2 is 1.89 bits per heavy atom. The zero-order valence-electron chi connectivity index (χ0n) is 12.3. The fraction of sp³-hybridized carbons (Fsp3) is 0.647. The molecular formula is C17H27NO. The number of nitrogens with one attached hydrogen (secondary N) is 1. The predicted octanol–water partition coefficient (Wildman–Crippen LogP) is 5.00. The number of unbranched alkanes of at least 4 members (excludes halogenated alkanes) is 1. The van der Waals surface area contributed by atoms with Gasteiger partial charge in [0.25, 0.3) is 0 Å². The van der Waals surface area contributed by atoms with Gasteiger partial charge in [0.2, 0.25) is 0 Å². The van der Waals surface area contributed by atoms with Crippen molar-refractivity contribution < 1.29 is 4.74 Å². The summed E-state index contributed by atoms with van der Waals surface area (Å²) in [5, 5.41) is 3.54. The van der Waals surface area contributed by atoms with Gasteiger partial charge in [0.1, 0.15) is 5.75 Å². The largest absolute Gasteiger partial charge is 0.490 e. The minimum Gasteiger partial charge on any atom is -0.490 e. The van der Waals surface area contributed by atoms with Crippen molar-refractivity contribution in [1.82, 2.24) is 0 Å². The Hall–Kier alpha value is -1.18. The molecule has 0 heterocycles. The normalized spacial score (nSPS) is 17.4. The van der Waals surface area contributed by atoms with Crippen LogP contribution in [0.15, 0.2) is 24.3 Å². The number of rotatable bonds is 7. The van der Waals surface area contributed by atoms with Gasteiger partial charge in [-0.3, -0.25) is 0 Å². The Kier molecular flexibility index (Phi) is 5.56. The van der Waals surface area contributed by atoms with E-state index in [0.717, 1.165) is 5.75 Å². The number of hydrogen-bond donors (Lipinski definition) is 1. The van der Waals surface area contributed by atoms with Crippen molar-refractivity contribution in [2.24, 2.45) is 0 Å². The van der Waals surface area contributed by atoms with Crippen LogP contribution in [0.25, 0.3) is 0 Å². The highest BCUT2D eigenvalue weighted by molar-refractivity contribution is 5.47. The molecule has 2 nitrogen and oxygen atoms in total. The molecule has 1 unspecified atom stereocenters. The first-order chi connectivity index (χ1) is 9.28. The summed E-state index contributed by atoms with van der Waals surface area (Å²) in [7, 11) is 0. The van der Waals surface area contributed by atoms with Crippen molar-refractivity contribution in [3.63, 3.8) is 0 Å². The van der Waals surface area contributed by atoms with E-state index < -0.39 is 0 Å². The summed E-state index contributed by atoms with van der Waals surface area (Å²) >= 11 is 0. The van der Waals surface area contributed by atoms with Crippen LogP contribution in [-0.4, -0.2) is 12.1 Å². The highest BCUT2D eigenvalue weighted by Crippen LogP contribution is 2.25. The van der Waals surface area contributed by atoms with E-state index >= 15 is 0 Å². The molecule has 0 saturated heterocycles. The maximum absolute atomic E-state index is 5.97. The first-order valence-electron chi connectivity index (χ1n) is 7.81. The molecule has 1 atom stereocenters. The van der Waals surface area contributed by atoms with Crippen LogP contribution in [0, 0.1) is 0 Å². The lowest BCUT2D eigenvalue weighted by Crippen LogP contribution is -2.15. The zero-order chi connectivity index (χ0) is 13.5. The van der Waals surface area contributed by atoms with E-state index in [0.29, 0.717) is 12.1 Å². The topological polar surface area (TPSA) is 21.3 Å². The van der Waals surface area contributed by atoms with E-state index in [9.17, 15) is 0 Å². The van der Waals surface area contributed by atoms with Gasteiger partial charge in [0.05, 0.1) is 6.10 Å². The monoisotopic (exact) mass is 261 g/mol. The number of ether oxygens (including phenoxy) is 1. The van der Waals surface area contributed by atoms with Gasteiger partial charge in [0, 0.05) is 11.7 Å². The van der Waals surface area contributed by atoms with Gasteiger partial charge in [-0.05, 0) is 63.3 Å². The van der Waals surface area contributed by atoms with Gasteiger partial charge in [0.15, 0.2) is 0 Å². The van der Waals surface area contributed by atoms with Gasteiger partial charge >= 0.3 is 0 Å². The fourth-order valence-corrected chi connectivity index (χ4v) is 2.70. The van der Waals surface area contributed by atoms with Crippen molar-refractivity contribution in [3.8, 4) is 5.75 Å². The van der Waals surface area contributed by atoms with Crippen LogP contribution in [0.5, 0.6) is 5.75 Å². The highest BCUT2D eigenvalue weighted by atomic mass is 16.5. The molecule has 0 radical (unpaired) electrons. The minimum atomic E-state index is 0.447. The molecule has 106 valence electrons. The molecule has 1 aliphatic rings. The van der Waals surface area contributed by atoms with Crippen molar-refractivity contribution in [3.05, 3.63) is 24.3 Å². The standard InChI is InChI=1S/C17H27NO/c1-3-4-7-14(2)18-15-10-12-17(13-11-15)19-16-8-5-6-9-16/h10-14,16,18H,3-9H2,1-2H3. The van der Waals surface area contributed by atoms with Gasteiger partial charge in [-0.15, -0.1) is 0 Å². The molecule has 1 fully saturated rings. The van der Waals surface area contributed by atoms with Crippen molar-refractivity contribution >= 4 is 5.69 Å². The van der Waals surface area contributed by atoms with Crippen LogP contribution in [0.2, 0.25) is 0 Å². The molecule has 0 aromatic heterocycles. The SMILES string of the molecule is CCCCC(C)Nc1ccc(OC2CCCC2)cc1. The lowest BCUT2D eigenvalue weighted by Gasteiger charge is -2.16. The Morgan fingerprint density at radius 1 is 1.21 bits per heavy atom. The van der Waals surface area contributed by atoms with Crippen molar-refractivity contribution in [1.29, 1.82) is 0 Å². The smallest absolute Gasteiger partial charge is 0.119 e. The third-order valence-electron chi connectivity index (χ3n) is 3.86. The van der Waals surface area contributed by atoms with Gasteiger partial charge in [-0.1, -0.05) is 19.8 Å². The predicted molar refractivity (Wildman–Crippen MR) is 81.9 cm³/mol. The summed E-state index contributed by atoms with van der Waals surface area (Å²) in [6.45, 7) is 4.49. The van der Waals surface area contributed by atoms with Crippen LogP contribution >= 0.6 is 0 Å². The van der Waals surface area contributed by atoms with E-state index in [1.54, 1.807) is 0 Å². The number of hydrogen-bond acceptors (Lipinski definition) is 2. The number of anilines is 1. The summed E-state index contributed by atoms with van der Waals surface area (Å²) in [5.74, 6) is 1.01. The van der Waals surface area contributed by atoms with Crippen LogP contribution in [0.3, 0.4) is 0 Å². The minimum absolute atomic E-state index is 0.447. The summed E-state index contributed by atoms with van der Waals surface area (Å²) in [6, 6.07) is 8.99. The van der Waals surface area contributed by atoms with Crippen molar-refractivity contribution in [2.75, 3.05) is 5.32 Å². The lowest BCUT2D eigenvalue weighted by atomic mass is 10.1. The third kappa shape index (κ3) is 4.77. The Morgan fingerprint density at radius 3 is 2.53 bits per heavy atom. The summed E-state index contributed by atoms with van der Waals surface area (Å²) < 4.78 is 5.97. The first kappa shape index (κ1) is 14.2. The van der Waals surface area contributed by atoms with Crippen molar-refractivity contribution in [2.45, 2.75) is 70.9 Å². The molecule has 0 amide bonds. The maximum atomic E-state index is 5.97. The molecule has 1 N–H and O–H groups in total. The summed E-state index contributed by atoms with van der Waals surface area (Å²) in [5.41, 5.74) is 1.20. The second-order valence-corrected chi connectivity index (χ2v) is 5.74. The summed E-state index contributed by atoms with van der Waals surface area (Å²) in [4.78, 5) is 0. The van der Waals surface area contributed by atoms with E-state index in [2.05, 4.69) is 43.4 Å². The van der Waals surface area contributed by atoms with E-state index in [4.69, 9.17) is 4.74 Å². The van der Waals surface area contributed by atoms with Gasteiger partial charge in [-0.2, -0.15) is 0 Å². The molecule has 2 rings (SSSR count). The Bertz CT molecular complexity index is 354. The van der Waals surface area contributed by atoms with Gasteiger partial charge < -0.3 is 10.1 Å². The molecule has 1 aromatic rings. The zero-order valence-corrected chi connectivity index (χ0v) is 12.3. The Balaban J connectivity index is 1.80. The molecule has 0 spiro atoms. The number of benzene rings is 1. The molecular weight excluding hydrogens is 234 g/mol. The average Bonchev–Trinajstić information content (AvgIpc) is 2.91. The van der Waals surface area contributed by atoms with Crippen LogP contribution in [0.1, 0.15) is 58.8 Å². The summed E-state index contributed by atoms with van der Waals surface area (Å²) in [6.07, 6.45) is 9.30. The molecule has 19 heavy (non-hydrogen) atoms. The maximum Gasteiger partial charge on any atom is 0.119 e. The van der Waals surface area contributed by atoms with Crippen LogP contribution in [0.4, 0.5) is 5.69 Å². The first-order valence-corrected chi connectivity index (χ1v) is 7.81. The molecule has 1 aliphatic carbocycles. The molecule has 2 heteroatoms. The van der Waals surface area contributed by atoms with Gasteiger partial charge in [-0.25, -0.2) is 0 Å². The second-order valence-electron chi connectivity index (χ2n) is 5.74. The average molecular weight is 261 g/mol. The third-order valence-corrected chi connectivity index (χ3v) is 3.86. The second kappa shape index (κ2) is 7.42. The molecule has 1 aromatic carbocycles. The molecule has 1 saturated carbocycles. The quantitative estimate of drug-likeness (QED) is 0.746. The molecule has 0 bridgehead atoms.